The van der Waals surface area contributed by atoms with E-state index < -0.39 is 0 Å². The molecule has 0 atom stereocenters. The summed E-state index contributed by atoms with van der Waals surface area (Å²) in [6, 6.07) is 23.4. The van der Waals surface area contributed by atoms with Crippen LogP contribution in [-0.2, 0) is 4.74 Å². The van der Waals surface area contributed by atoms with E-state index in [0.29, 0.717) is 5.69 Å². The summed E-state index contributed by atoms with van der Waals surface area (Å²) in [7, 11) is 0. The van der Waals surface area contributed by atoms with Crippen LogP contribution in [-0.4, -0.2) is 18.3 Å². The van der Waals surface area contributed by atoms with Crippen LogP contribution in [0, 0.1) is 0 Å². The highest BCUT2D eigenvalue weighted by molar-refractivity contribution is 5.48. The van der Waals surface area contributed by atoms with Gasteiger partial charge in [-0.05, 0) is 73.5 Å². The second-order valence-corrected chi connectivity index (χ2v) is 12.7. The van der Waals surface area contributed by atoms with Gasteiger partial charge in [0.25, 0.3) is 0 Å². The number of aromatic hydroxyl groups is 1. The van der Waals surface area contributed by atoms with E-state index >= 15 is 0 Å². The second kappa shape index (κ2) is 29.7. The molecule has 0 aliphatic carbocycles. The maximum Gasteiger partial charge on any atom is 0.115 e. The molecule has 6 nitrogen and oxygen atoms in total. The van der Waals surface area contributed by atoms with Crippen molar-refractivity contribution in [2.45, 2.75) is 142 Å². The summed E-state index contributed by atoms with van der Waals surface area (Å²) in [5, 5.41) is 25.8. The Bertz CT molecular complexity index is 1160. The summed E-state index contributed by atoms with van der Waals surface area (Å²) in [5.74, 6) is 0.206. The second-order valence-electron chi connectivity index (χ2n) is 12.7. The molecule has 0 unspecified atom stereocenters. The molecule has 0 spiro atoms. The Hall–Kier alpha value is -3.38. The van der Waals surface area contributed by atoms with Crippen LogP contribution in [0.1, 0.15) is 142 Å². The van der Waals surface area contributed by atoms with Crippen molar-refractivity contribution < 1.29 is 9.84 Å². The molecule has 0 aliphatic rings. The number of hydrogen-bond donors (Lipinski definition) is 1. The number of phenolic OH excluding ortho intramolecular Hbond substituents is 1. The highest BCUT2D eigenvalue weighted by atomic mass is 16.5. The number of ether oxygens (including phenoxy) is 1. The molecule has 264 valence electrons. The van der Waals surface area contributed by atoms with Crippen LogP contribution >= 0.6 is 0 Å². The van der Waals surface area contributed by atoms with Gasteiger partial charge < -0.3 is 9.84 Å². The number of phenols is 1. The topological polar surface area (TPSA) is 78.9 Å². The molecule has 0 aromatic heterocycles. The van der Waals surface area contributed by atoms with E-state index in [1.165, 1.54) is 128 Å². The molecule has 0 aliphatic heterocycles. The van der Waals surface area contributed by atoms with Crippen molar-refractivity contribution in [3.05, 3.63) is 78.9 Å². The predicted octanol–water partition coefficient (Wildman–Crippen LogP) is 15.1. The van der Waals surface area contributed by atoms with Gasteiger partial charge in [0.1, 0.15) is 5.75 Å². The van der Waals surface area contributed by atoms with Crippen LogP contribution in [0.2, 0.25) is 0 Å². The Morgan fingerprint density at radius 3 is 1.02 bits per heavy atom. The fourth-order valence-corrected chi connectivity index (χ4v) is 5.32. The molecule has 1 N–H and O–H groups in total. The minimum Gasteiger partial charge on any atom is -0.508 e. The maximum atomic E-state index is 9.21. The Labute approximate surface area is 292 Å². The highest BCUT2D eigenvalue weighted by Gasteiger charge is 1.96. The lowest BCUT2D eigenvalue weighted by Gasteiger charge is -2.05. The summed E-state index contributed by atoms with van der Waals surface area (Å²) in [4.78, 5) is 0. The number of azo groups is 2. The monoisotopic (exact) mass is 657 g/mol. The van der Waals surface area contributed by atoms with Crippen LogP contribution in [0.15, 0.2) is 99.3 Å². The first-order chi connectivity index (χ1) is 23.7. The molecule has 6 heteroatoms. The lowest BCUT2D eigenvalue weighted by Crippen LogP contribution is -1.97. The Kier molecular flexibility index (Phi) is 25.3. The number of hydrogen-bond acceptors (Lipinski definition) is 6. The zero-order valence-electron chi connectivity index (χ0n) is 30.2. The van der Waals surface area contributed by atoms with Gasteiger partial charge >= 0.3 is 0 Å². The van der Waals surface area contributed by atoms with Crippen molar-refractivity contribution in [1.29, 1.82) is 0 Å². The van der Waals surface area contributed by atoms with E-state index in [4.69, 9.17) is 4.74 Å². The van der Waals surface area contributed by atoms with Crippen LogP contribution in [0.5, 0.6) is 5.75 Å². The minimum absolute atomic E-state index is 0.206. The first-order valence-electron chi connectivity index (χ1n) is 19.1. The van der Waals surface area contributed by atoms with Crippen molar-refractivity contribution >= 4 is 22.7 Å². The summed E-state index contributed by atoms with van der Waals surface area (Å²) in [6.45, 7) is 6.57. The van der Waals surface area contributed by atoms with Gasteiger partial charge in [-0.3, -0.25) is 0 Å². The fourth-order valence-electron chi connectivity index (χ4n) is 5.32. The van der Waals surface area contributed by atoms with Gasteiger partial charge in [0, 0.05) is 13.2 Å². The molecular weight excluding hydrogens is 592 g/mol. The molecule has 3 rings (SSSR count). The molecule has 0 heterocycles. The van der Waals surface area contributed by atoms with Gasteiger partial charge in [0.15, 0.2) is 0 Å². The average molecular weight is 657 g/mol. The van der Waals surface area contributed by atoms with E-state index in [1.54, 1.807) is 24.3 Å². The Morgan fingerprint density at radius 2 is 0.667 bits per heavy atom. The molecule has 0 saturated heterocycles. The predicted molar refractivity (Wildman–Crippen MR) is 204 cm³/mol. The third-order valence-corrected chi connectivity index (χ3v) is 8.30. The molecule has 3 aromatic rings. The molecule has 0 amide bonds. The Balaban J connectivity index is 0.000000334. The summed E-state index contributed by atoms with van der Waals surface area (Å²) < 4.78 is 5.78. The van der Waals surface area contributed by atoms with Crippen molar-refractivity contribution in [3.8, 4) is 5.75 Å². The number of rotatable bonds is 26. The summed E-state index contributed by atoms with van der Waals surface area (Å²) >= 11 is 0. The van der Waals surface area contributed by atoms with Gasteiger partial charge in [-0.2, -0.15) is 20.5 Å². The maximum absolute atomic E-state index is 9.21. The largest absolute Gasteiger partial charge is 0.508 e. The smallest absolute Gasteiger partial charge is 0.115 e. The normalized spacial score (nSPS) is 11.3. The third kappa shape index (κ3) is 23.0. The molecule has 3 aromatic carbocycles. The lowest BCUT2D eigenvalue weighted by molar-refractivity contribution is 0.125. The van der Waals surface area contributed by atoms with Crippen LogP contribution in [0.25, 0.3) is 0 Å². The number of nitrogens with zero attached hydrogens (tertiary/aromatic N) is 4. The molecule has 0 saturated carbocycles. The molecule has 0 bridgehead atoms. The van der Waals surface area contributed by atoms with Crippen molar-refractivity contribution in [2.75, 3.05) is 13.2 Å². The molecule has 0 radical (unpaired) electrons. The van der Waals surface area contributed by atoms with E-state index in [0.717, 1.165) is 30.3 Å². The van der Waals surface area contributed by atoms with Crippen LogP contribution in [0.4, 0.5) is 22.7 Å². The first-order valence-corrected chi connectivity index (χ1v) is 19.1. The minimum atomic E-state index is 0.206. The van der Waals surface area contributed by atoms with E-state index in [9.17, 15) is 5.11 Å². The van der Waals surface area contributed by atoms with E-state index in [2.05, 4.69) is 34.3 Å². The highest BCUT2D eigenvalue weighted by Crippen LogP contribution is 2.24. The average Bonchev–Trinajstić information content (AvgIpc) is 3.12. The molecule has 48 heavy (non-hydrogen) atoms. The quantitative estimate of drug-likeness (QED) is 0.0689. The van der Waals surface area contributed by atoms with Crippen molar-refractivity contribution in [1.82, 2.24) is 0 Å². The van der Waals surface area contributed by atoms with Gasteiger partial charge in [-0.25, -0.2) is 0 Å². The number of benzene rings is 3. The van der Waals surface area contributed by atoms with Crippen molar-refractivity contribution in [2.24, 2.45) is 20.5 Å². The third-order valence-electron chi connectivity index (χ3n) is 8.30. The van der Waals surface area contributed by atoms with E-state index in [1.807, 2.05) is 54.6 Å². The van der Waals surface area contributed by atoms with Gasteiger partial charge in [-0.15, -0.1) is 0 Å². The Morgan fingerprint density at radius 1 is 0.375 bits per heavy atom. The SMILES string of the molecule is CCCCCCCCCCCCOCCCCCCCCCCCC.Oc1ccc(N=Nc2ccc(N=Nc3ccccc3)cc2)cc1. The van der Waals surface area contributed by atoms with Crippen LogP contribution in [0.3, 0.4) is 0 Å². The lowest BCUT2D eigenvalue weighted by atomic mass is 10.1. The number of unbranched alkanes of at least 4 members (excludes halogenated alkanes) is 18. The zero-order valence-corrected chi connectivity index (χ0v) is 30.2. The standard InChI is InChI=1S/C24H50O.C18H14N4O/c1-3-5-7-9-11-13-15-17-19-21-23-25-24-22-20-18-16-14-12-10-8-6-4-2;23-18-12-10-17(11-13-18)22-21-16-8-6-15(7-9-16)20-19-14-4-2-1-3-5-14/h3-24H2,1-2H3;1-13,23H. The molecule has 0 fully saturated rings. The summed E-state index contributed by atoms with van der Waals surface area (Å²) in [5.41, 5.74) is 2.95. The first kappa shape index (κ1) is 40.8. The van der Waals surface area contributed by atoms with Gasteiger partial charge in [0.2, 0.25) is 0 Å². The fraction of sp³-hybridized carbons (Fsp3) is 0.571. The van der Waals surface area contributed by atoms with Crippen molar-refractivity contribution in [3.63, 3.8) is 0 Å². The zero-order chi connectivity index (χ0) is 34.2. The van der Waals surface area contributed by atoms with E-state index in [-0.39, 0.29) is 5.75 Å². The van der Waals surface area contributed by atoms with Gasteiger partial charge in [0.05, 0.1) is 22.7 Å². The van der Waals surface area contributed by atoms with Crippen LogP contribution < -0.4 is 0 Å². The molecular formula is C42H64N4O2. The van der Waals surface area contributed by atoms with Gasteiger partial charge in [-0.1, -0.05) is 148 Å². The summed E-state index contributed by atoms with van der Waals surface area (Å²) in [6.07, 6.45) is 28.2.